The molecule has 0 fully saturated rings. The Morgan fingerprint density at radius 3 is 2.08 bits per heavy atom. The third kappa shape index (κ3) is 6.60. The summed E-state index contributed by atoms with van der Waals surface area (Å²) < 4.78 is 19.5. The van der Waals surface area contributed by atoms with Crippen LogP contribution in [0.5, 0.6) is 0 Å². The van der Waals surface area contributed by atoms with E-state index in [1.807, 2.05) is 67.7 Å². The summed E-state index contributed by atoms with van der Waals surface area (Å²) in [6, 6.07) is 17.7. The zero-order chi connectivity index (χ0) is 28.4. The van der Waals surface area contributed by atoms with E-state index in [2.05, 4.69) is 13.5 Å². The lowest BCUT2D eigenvalue weighted by atomic mass is 9.72. The highest BCUT2D eigenvalue weighted by atomic mass is 16.6. The van der Waals surface area contributed by atoms with E-state index in [0.29, 0.717) is 29.7 Å². The van der Waals surface area contributed by atoms with Gasteiger partial charge in [-0.3, -0.25) is 0 Å². The van der Waals surface area contributed by atoms with Gasteiger partial charge in [0.25, 0.3) is 0 Å². The van der Waals surface area contributed by atoms with E-state index in [4.69, 9.17) is 14.2 Å². The molecule has 0 amide bonds. The first kappa shape index (κ1) is 29.0. The van der Waals surface area contributed by atoms with Crippen molar-refractivity contribution in [2.45, 2.75) is 50.9 Å². The van der Waals surface area contributed by atoms with Crippen LogP contribution >= 0.6 is 0 Å². The summed E-state index contributed by atoms with van der Waals surface area (Å²) in [5.74, 6) is -1.51. The molecule has 0 saturated carbocycles. The van der Waals surface area contributed by atoms with Crippen molar-refractivity contribution in [1.82, 2.24) is 0 Å². The van der Waals surface area contributed by atoms with Crippen molar-refractivity contribution in [2.75, 3.05) is 6.61 Å². The van der Waals surface area contributed by atoms with Crippen molar-refractivity contribution < 1.29 is 23.8 Å². The van der Waals surface area contributed by atoms with E-state index in [-0.39, 0.29) is 11.8 Å². The van der Waals surface area contributed by atoms with Gasteiger partial charge < -0.3 is 14.2 Å². The fraction of sp³-hybridized carbons (Fsp3) is 0.314. The Morgan fingerprint density at radius 2 is 1.48 bits per heavy atom. The van der Waals surface area contributed by atoms with Gasteiger partial charge in [0.05, 0.1) is 11.1 Å². The van der Waals surface area contributed by atoms with Gasteiger partial charge in [0.1, 0.15) is 11.7 Å². The molecule has 0 saturated heterocycles. The van der Waals surface area contributed by atoms with Crippen molar-refractivity contribution in [3.63, 3.8) is 0 Å². The van der Waals surface area contributed by atoms with E-state index in [1.54, 1.807) is 48.5 Å². The maximum absolute atomic E-state index is 13.7. The van der Waals surface area contributed by atoms with E-state index in [1.165, 1.54) is 0 Å². The molecule has 2 aromatic rings. The van der Waals surface area contributed by atoms with Crippen LogP contribution in [0.4, 0.5) is 0 Å². The molecular formula is C35H38O5. The minimum atomic E-state index is -1.22. The third-order valence-electron chi connectivity index (χ3n) is 7.41. The second-order valence-corrected chi connectivity index (χ2v) is 10.2. The molecule has 2 aromatic carbocycles. The highest BCUT2D eigenvalue weighted by molar-refractivity contribution is 5.90. The molecule has 5 heteroatoms. The average Bonchev–Trinajstić information content (AvgIpc) is 3.53. The van der Waals surface area contributed by atoms with Crippen molar-refractivity contribution in [2.24, 2.45) is 11.8 Å². The van der Waals surface area contributed by atoms with Crippen molar-refractivity contribution in [3.05, 3.63) is 133 Å². The van der Waals surface area contributed by atoms with E-state index in [0.717, 1.165) is 12.8 Å². The minimum Gasteiger partial charge on any atom is -0.454 e. The lowest BCUT2D eigenvalue weighted by Gasteiger charge is -2.47. The molecule has 0 heterocycles. The summed E-state index contributed by atoms with van der Waals surface area (Å²) in [5.41, 5.74) is 0.240. The Balaban J connectivity index is 1.88. The van der Waals surface area contributed by atoms with Gasteiger partial charge in [0.15, 0.2) is 6.10 Å². The Hall–Kier alpha value is -3.96. The Labute approximate surface area is 237 Å². The monoisotopic (exact) mass is 538 g/mol. The van der Waals surface area contributed by atoms with Gasteiger partial charge in [0, 0.05) is 18.4 Å². The minimum absolute atomic E-state index is 0.208. The molecule has 2 aliphatic carbocycles. The number of hydrogen-bond acceptors (Lipinski definition) is 5. The average molecular weight is 539 g/mol. The van der Waals surface area contributed by atoms with Gasteiger partial charge in [-0.2, -0.15) is 0 Å². The number of unbranched alkanes of at least 4 members (excludes halogenated alkanes) is 1. The molecule has 4 atom stereocenters. The number of esters is 2. The Morgan fingerprint density at radius 1 is 0.875 bits per heavy atom. The van der Waals surface area contributed by atoms with Gasteiger partial charge in [-0.15, -0.1) is 0 Å². The van der Waals surface area contributed by atoms with E-state index in [9.17, 15) is 9.59 Å². The van der Waals surface area contributed by atoms with E-state index >= 15 is 0 Å². The van der Waals surface area contributed by atoms with Gasteiger partial charge >= 0.3 is 11.9 Å². The molecule has 2 aliphatic rings. The number of rotatable bonds is 9. The standard InChI is InChI=1S/C35H38O5/c1-4-5-25-38-35(30-23-15-16-24-30)27(3)18-10-6-9-17-26(2)31(39-33(36)28-19-11-7-12-20-28)32(35)40-34(37)29-21-13-8-14-22-29/h6-16,18-24,26,30-32H,3-5,17,25H2,1-2H3/b9-6-,18-10-/t26-,31?,32?,35+/m0/s1. The van der Waals surface area contributed by atoms with Crippen LogP contribution < -0.4 is 0 Å². The van der Waals surface area contributed by atoms with Gasteiger partial charge in [0.2, 0.25) is 0 Å². The van der Waals surface area contributed by atoms with Crippen molar-refractivity contribution >= 4 is 11.9 Å². The van der Waals surface area contributed by atoms with E-state index < -0.39 is 29.7 Å². The van der Waals surface area contributed by atoms with Crippen LogP contribution in [-0.4, -0.2) is 36.4 Å². The number of hydrogen-bond donors (Lipinski definition) is 0. The summed E-state index contributed by atoms with van der Waals surface area (Å²) >= 11 is 0. The number of ether oxygens (including phenoxy) is 3. The fourth-order valence-corrected chi connectivity index (χ4v) is 5.17. The Kier molecular flexibility index (Phi) is 10.1. The summed E-state index contributed by atoms with van der Waals surface area (Å²) in [6.07, 6.45) is 16.3. The SMILES string of the molecule is C=C1/C=C\C=C/C[C@H](C)C(OC(=O)c2ccccc2)C(OC(=O)c2ccccc2)[C@]1(OCCCC)C1C=CC=C1. The molecule has 2 unspecified atom stereocenters. The number of allylic oxidation sites excluding steroid dienone is 5. The van der Waals surface area contributed by atoms with Crippen molar-refractivity contribution in [1.29, 1.82) is 0 Å². The van der Waals surface area contributed by atoms with Crippen LogP contribution in [0.3, 0.4) is 0 Å². The second-order valence-electron chi connectivity index (χ2n) is 10.2. The molecule has 5 nitrogen and oxygen atoms in total. The van der Waals surface area contributed by atoms with Crippen LogP contribution in [0.1, 0.15) is 53.8 Å². The lowest BCUT2D eigenvalue weighted by Crippen LogP contribution is -2.60. The molecule has 4 rings (SSSR count). The van der Waals surface area contributed by atoms with Crippen LogP contribution in [0.2, 0.25) is 0 Å². The summed E-state index contributed by atoms with van der Waals surface area (Å²) in [7, 11) is 0. The molecule has 0 aliphatic heterocycles. The third-order valence-corrected chi connectivity index (χ3v) is 7.41. The summed E-state index contributed by atoms with van der Waals surface area (Å²) in [5, 5.41) is 0. The van der Waals surface area contributed by atoms with Crippen LogP contribution in [0.15, 0.2) is 121 Å². The van der Waals surface area contributed by atoms with Gasteiger partial charge in [-0.1, -0.05) is 112 Å². The first-order valence-corrected chi connectivity index (χ1v) is 14.0. The second kappa shape index (κ2) is 13.9. The first-order valence-electron chi connectivity index (χ1n) is 14.0. The molecule has 0 N–H and O–H groups in total. The Bertz CT molecular complexity index is 1260. The molecule has 0 spiro atoms. The largest absolute Gasteiger partial charge is 0.454 e. The highest BCUT2D eigenvalue weighted by Gasteiger charge is 2.55. The predicted molar refractivity (Wildman–Crippen MR) is 158 cm³/mol. The quantitative estimate of drug-likeness (QED) is 0.245. The molecule has 208 valence electrons. The smallest absolute Gasteiger partial charge is 0.338 e. The summed E-state index contributed by atoms with van der Waals surface area (Å²) in [6.45, 7) is 8.96. The van der Waals surface area contributed by atoms with Crippen LogP contribution in [0.25, 0.3) is 0 Å². The lowest BCUT2D eigenvalue weighted by molar-refractivity contribution is -0.163. The highest BCUT2D eigenvalue weighted by Crippen LogP contribution is 2.43. The first-order chi connectivity index (χ1) is 19.5. The molecule has 40 heavy (non-hydrogen) atoms. The fourth-order valence-electron chi connectivity index (χ4n) is 5.17. The zero-order valence-corrected chi connectivity index (χ0v) is 23.3. The van der Waals surface area contributed by atoms with Gasteiger partial charge in [-0.25, -0.2) is 9.59 Å². The van der Waals surface area contributed by atoms with Crippen LogP contribution in [-0.2, 0) is 14.2 Å². The summed E-state index contributed by atoms with van der Waals surface area (Å²) in [4.78, 5) is 27.2. The normalized spacial score (nSPS) is 26.2. The van der Waals surface area contributed by atoms with Crippen molar-refractivity contribution in [3.8, 4) is 0 Å². The topological polar surface area (TPSA) is 61.8 Å². The number of carbonyl (C=O) groups excluding carboxylic acids is 2. The maximum atomic E-state index is 13.7. The molecular weight excluding hydrogens is 500 g/mol. The molecule has 0 radical (unpaired) electrons. The predicted octanol–water partition coefficient (Wildman–Crippen LogP) is 7.44. The van der Waals surface area contributed by atoms with Crippen LogP contribution in [0, 0.1) is 11.8 Å². The maximum Gasteiger partial charge on any atom is 0.338 e. The molecule has 0 aromatic heterocycles. The number of benzene rings is 2. The number of carbonyl (C=O) groups is 2. The molecule has 0 bridgehead atoms. The van der Waals surface area contributed by atoms with Gasteiger partial charge in [-0.05, 0) is 42.7 Å². The zero-order valence-electron chi connectivity index (χ0n) is 23.3.